The summed E-state index contributed by atoms with van der Waals surface area (Å²) in [5.74, 6) is -2.63. The van der Waals surface area contributed by atoms with Gasteiger partial charge in [0.1, 0.15) is 34.4 Å². The van der Waals surface area contributed by atoms with Gasteiger partial charge >= 0.3 is 30.1 Å². The van der Waals surface area contributed by atoms with E-state index < -0.39 is 76.6 Å². The highest BCUT2D eigenvalue weighted by molar-refractivity contribution is 7.92. The fourth-order valence-corrected chi connectivity index (χ4v) is 5.67. The highest BCUT2D eigenvalue weighted by atomic mass is 32.0. The van der Waals surface area contributed by atoms with Crippen molar-refractivity contribution in [2.24, 2.45) is 17.6 Å². The van der Waals surface area contributed by atoms with Gasteiger partial charge in [-0.2, -0.15) is 9.90 Å². The number of hydrogen-bond acceptors (Lipinski definition) is 13. The maximum atomic E-state index is 12.7. The van der Waals surface area contributed by atoms with Crippen LogP contribution in [0.25, 0.3) is 0 Å². The molecule has 4 aliphatic rings. The first kappa shape index (κ1) is 51.1. The molecule has 2 heterocycles. The third-order valence-corrected chi connectivity index (χ3v) is 8.51. The minimum atomic E-state index is -1.14. The minimum absolute atomic E-state index is 0. The van der Waals surface area contributed by atoms with Crippen LogP contribution in [0, 0.1) is 11.8 Å². The number of hydrogen-bond donors (Lipinski definition) is 5. The SMILES string of the molecule is C=C[C@@H]1C[C@]1(N)C(=O)OC.C=C[C@@H]1C[C@]1(NC(=O)[C@@H]1C[C@@H](O)CN1C(=O)OC(C)(C)C)C(=O)OC.CC(C)(C)OC(=O)N1C[C@H](O)C[C@H]1C(=O)O.P.PP. The number of carbonyl (C=O) groups is 6. The lowest BCUT2D eigenvalue weighted by Gasteiger charge is -2.28. The largest absolute Gasteiger partial charge is 0.480 e. The van der Waals surface area contributed by atoms with Crippen LogP contribution in [0.2, 0.25) is 0 Å². The van der Waals surface area contributed by atoms with Gasteiger partial charge < -0.3 is 45.3 Å². The van der Waals surface area contributed by atoms with E-state index in [2.05, 4.69) is 41.1 Å². The molecule has 54 heavy (non-hydrogen) atoms. The summed E-state index contributed by atoms with van der Waals surface area (Å²) in [6.45, 7) is 17.5. The fourth-order valence-electron chi connectivity index (χ4n) is 5.67. The zero-order valence-corrected chi connectivity index (χ0v) is 36.3. The van der Waals surface area contributed by atoms with Crippen LogP contribution in [0.5, 0.6) is 0 Å². The lowest BCUT2D eigenvalue weighted by Crippen LogP contribution is -2.53. The van der Waals surface area contributed by atoms with E-state index in [1.54, 1.807) is 53.7 Å². The number of carbonyl (C=O) groups excluding carboxylic acids is 5. The molecule has 2 saturated carbocycles. The molecule has 11 atom stereocenters. The predicted molar refractivity (Wildman–Crippen MR) is 211 cm³/mol. The van der Waals surface area contributed by atoms with E-state index >= 15 is 0 Å². The summed E-state index contributed by atoms with van der Waals surface area (Å²) in [5.41, 5.74) is 2.33. The summed E-state index contributed by atoms with van der Waals surface area (Å²) >= 11 is 0. The number of rotatable bonds is 7. The number of esters is 2. The Hall–Kier alpha value is -2.93. The number of β-amino-alcohol motifs (C(OH)–C–C–N with tert-alkyl or cyclic N) is 2. The third-order valence-electron chi connectivity index (χ3n) is 8.51. The second-order valence-electron chi connectivity index (χ2n) is 15.0. The van der Waals surface area contributed by atoms with Gasteiger partial charge in [-0.25, -0.2) is 19.2 Å². The Morgan fingerprint density at radius 2 is 1.19 bits per heavy atom. The number of carboxylic acids is 1. The van der Waals surface area contributed by atoms with E-state index in [0.717, 1.165) is 4.90 Å². The van der Waals surface area contributed by atoms with Crippen molar-refractivity contribution in [2.75, 3.05) is 27.3 Å². The molecule has 0 aromatic carbocycles. The highest BCUT2D eigenvalue weighted by Crippen LogP contribution is 2.45. The summed E-state index contributed by atoms with van der Waals surface area (Å²) in [6.07, 6.45) is 1.49. The van der Waals surface area contributed by atoms with Crippen molar-refractivity contribution in [3.63, 3.8) is 0 Å². The van der Waals surface area contributed by atoms with Crippen LogP contribution >= 0.6 is 27.8 Å². The van der Waals surface area contributed by atoms with E-state index in [-0.39, 0.29) is 53.6 Å². The average Bonchev–Trinajstić information content (AvgIpc) is 3.83. The van der Waals surface area contributed by atoms with Crippen molar-refractivity contribution in [2.45, 2.75) is 114 Å². The standard InChI is InChI=1S/C17H26N2O6.C10H17NO5.C7H11NO2.H4P2.H3P/c1-6-10-8-17(10,14(22)24-5)18-13(21)12-7-11(20)9-19(12)15(23)25-16(2,3)4;1-10(2,3)16-9(15)11-5-6(12)4-7(11)8(13)14;1-3-5-4-7(5,8)6(9)10-2;1-2;/h6,10-12,20H,1,7-9H2,2-5H3,(H,18,21);6-7,12H,4-5H2,1-3H3,(H,13,14);3,5H,1,4,8H2,2H3;1-2H2;1H3/t10-,11-,12+,17-;6-,7+;5-,7-;;/m111../s1. The number of nitrogens with zero attached hydrogens (tertiary/aromatic N) is 2. The normalized spacial score (nSPS) is 29.0. The molecule has 0 spiro atoms. The summed E-state index contributed by atoms with van der Waals surface area (Å²) in [5, 5.41) is 30.8. The van der Waals surface area contributed by atoms with E-state index in [9.17, 15) is 39.0 Å². The second-order valence-corrected chi connectivity index (χ2v) is 15.0. The molecule has 0 aromatic rings. The van der Waals surface area contributed by atoms with Crippen molar-refractivity contribution < 1.29 is 63.0 Å². The number of amides is 3. The van der Waals surface area contributed by atoms with Gasteiger partial charge in [0.25, 0.3) is 0 Å². The number of aliphatic hydroxyl groups excluding tert-OH is 2. The summed E-state index contributed by atoms with van der Waals surface area (Å²) in [4.78, 5) is 72.7. The third kappa shape index (κ3) is 14.0. The molecular formula is C34H61N4O13P3. The monoisotopic (exact) mass is 826 g/mol. The number of nitrogens with one attached hydrogen (secondary N) is 1. The molecule has 0 bridgehead atoms. The molecule has 4 fully saturated rings. The van der Waals surface area contributed by atoms with Gasteiger partial charge in [-0.05, 0) is 54.4 Å². The van der Waals surface area contributed by atoms with Gasteiger partial charge in [-0.1, -0.05) is 12.2 Å². The molecule has 2 saturated heterocycles. The van der Waals surface area contributed by atoms with E-state index in [1.165, 1.54) is 19.1 Å². The van der Waals surface area contributed by atoms with Gasteiger partial charge in [0.15, 0.2) is 0 Å². The Morgan fingerprint density at radius 3 is 1.52 bits per heavy atom. The van der Waals surface area contributed by atoms with Crippen LogP contribution < -0.4 is 11.1 Å². The van der Waals surface area contributed by atoms with Crippen LogP contribution in [0.1, 0.15) is 67.2 Å². The van der Waals surface area contributed by atoms with Crippen LogP contribution in [0.15, 0.2) is 25.3 Å². The Labute approximate surface area is 325 Å². The number of carboxylic acid groups (broad SMARTS) is 1. The molecule has 17 nitrogen and oxygen atoms in total. The van der Waals surface area contributed by atoms with Crippen molar-refractivity contribution in [3.8, 4) is 0 Å². The average molecular weight is 827 g/mol. The predicted octanol–water partition coefficient (Wildman–Crippen LogP) is 1.80. The quantitative estimate of drug-likeness (QED) is 0.106. The molecule has 6 N–H and O–H groups in total. The van der Waals surface area contributed by atoms with Crippen LogP contribution in [-0.2, 0) is 38.1 Å². The first-order valence-electron chi connectivity index (χ1n) is 16.8. The zero-order valence-electron chi connectivity index (χ0n) is 32.5. The lowest BCUT2D eigenvalue weighted by molar-refractivity contribution is -0.147. The first-order chi connectivity index (χ1) is 24.4. The van der Waals surface area contributed by atoms with Crippen molar-refractivity contribution in [1.29, 1.82) is 0 Å². The van der Waals surface area contributed by atoms with Crippen molar-refractivity contribution in [1.82, 2.24) is 15.1 Å². The van der Waals surface area contributed by atoms with Gasteiger partial charge in [-0.15, -0.1) is 31.0 Å². The van der Waals surface area contributed by atoms with E-state index in [4.69, 9.17) is 25.1 Å². The topological polar surface area (TPSA) is 245 Å². The molecule has 3 amide bonds. The summed E-state index contributed by atoms with van der Waals surface area (Å²) < 4.78 is 19.6. The van der Waals surface area contributed by atoms with Crippen molar-refractivity contribution >= 4 is 63.8 Å². The molecule has 2 aliphatic carbocycles. The number of methoxy groups -OCH3 is 2. The lowest BCUT2D eigenvalue weighted by atomic mass is 10.1. The molecule has 2 aliphatic heterocycles. The Kier molecular flexibility index (Phi) is 19.7. The van der Waals surface area contributed by atoms with Crippen LogP contribution in [-0.4, -0.2) is 135 Å². The van der Waals surface area contributed by atoms with Gasteiger partial charge in [0, 0.05) is 24.7 Å². The number of aliphatic carboxylic acids is 1. The molecule has 4 rings (SSSR count). The zero-order chi connectivity index (χ0) is 41.3. The number of nitrogens with two attached hydrogens (primary N) is 1. The minimum Gasteiger partial charge on any atom is -0.480 e. The van der Waals surface area contributed by atoms with Gasteiger partial charge in [0.2, 0.25) is 5.91 Å². The second kappa shape index (κ2) is 20.8. The Balaban J connectivity index is 0.000000829. The Bertz CT molecular complexity index is 1370. The molecule has 0 radical (unpaired) electrons. The number of ether oxygens (including phenoxy) is 4. The first-order valence-corrected chi connectivity index (χ1v) is 19.5. The molecule has 20 heteroatoms. The maximum absolute atomic E-state index is 12.7. The maximum Gasteiger partial charge on any atom is 0.411 e. The molecule has 0 aromatic heterocycles. The summed E-state index contributed by atoms with van der Waals surface area (Å²) in [6, 6.07) is -1.90. The van der Waals surface area contributed by atoms with Crippen LogP contribution in [0.4, 0.5) is 9.59 Å². The molecule has 3 unspecified atom stereocenters. The smallest absolute Gasteiger partial charge is 0.411 e. The highest BCUT2D eigenvalue weighted by Gasteiger charge is 2.62. The molecule has 310 valence electrons. The molecular weight excluding hydrogens is 765 g/mol. The number of aliphatic hydroxyl groups is 2. The summed E-state index contributed by atoms with van der Waals surface area (Å²) in [7, 11) is 7.26. The van der Waals surface area contributed by atoms with Crippen molar-refractivity contribution in [3.05, 3.63) is 25.3 Å². The van der Waals surface area contributed by atoms with Gasteiger partial charge in [0.05, 0.1) is 39.5 Å². The van der Waals surface area contributed by atoms with E-state index in [1.807, 2.05) is 0 Å². The van der Waals surface area contributed by atoms with E-state index in [0.29, 0.717) is 12.8 Å². The fraction of sp³-hybridized carbons (Fsp3) is 0.706. The van der Waals surface area contributed by atoms with Crippen LogP contribution in [0.3, 0.4) is 0 Å². The number of likely N-dealkylation sites (tertiary alicyclic amines) is 2. The Morgan fingerprint density at radius 1 is 0.778 bits per heavy atom. The van der Waals surface area contributed by atoms with Gasteiger partial charge in [-0.3, -0.25) is 19.4 Å².